The number of carboxylic acids is 4. The molecule has 12 aliphatic rings. The van der Waals surface area contributed by atoms with Gasteiger partial charge in [-0.15, -0.1) is 0 Å². The highest BCUT2D eigenvalue weighted by atomic mass is 79.9. The zero-order valence-corrected chi connectivity index (χ0v) is 90.7. The molecule has 142 heavy (non-hydrogen) atoms. The van der Waals surface area contributed by atoms with E-state index >= 15 is 0 Å². The van der Waals surface area contributed by atoms with E-state index in [2.05, 4.69) is 143 Å². The third kappa shape index (κ3) is 24.6. The summed E-state index contributed by atoms with van der Waals surface area (Å²) < 4.78 is 1.63. The second kappa shape index (κ2) is 45.6. The number of aryl methyl sites for hydroxylation is 3. The van der Waals surface area contributed by atoms with Crippen molar-refractivity contribution in [3.8, 4) is 0 Å². The van der Waals surface area contributed by atoms with Crippen LogP contribution in [0.15, 0.2) is 107 Å². The number of nitrogens with zero attached hydrogens (tertiary/aromatic N) is 16. The molecule has 0 spiro atoms. The summed E-state index contributed by atoms with van der Waals surface area (Å²) in [7, 11) is 0. The smallest absolute Gasteiger partial charge is 0.309 e. The van der Waals surface area contributed by atoms with E-state index < -0.39 is 34.7 Å². The molecule has 20 rings (SSSR count). The third-order valence-electron chi connectivity index (χ3n) is 32.8. The number of likely N-dealkylation sites (tertiary alicyclic amines) is 4. The van der Waals surface area contributed by atoms with E-state index in [1.807, 2.05) is 104 Å². The molecule has 4 aromatic carbocycles. The number of aliphatic carboxylic acids is 4. The Kier molecular flexibility index (Phi) is 33.9. The van der Waals surface area contributed by atoms with E-state index in [0.717, 1.165) is 243 Å². The quantitative estimate of drug-likeness (QED) is 0.0226. The van der Waals surface area contributed by atoms with Crippen molar-refractivity contribution in [3.05, 3.63) is 181 Å². The normalized spacial score (nSPS) is 26.9. The Labute approximate surface area is 885 Å². The summed E-state index contributed by atoms with van der Waals surface area (Å²) in [6.07, 6.45) is 23.0. The molecule has 0 radical (unpaired) electrons. The van der Waals surface area contributed by atoms with Crippen LogP contribution in [0.3, 0.4) is 0 Å². The number of anilines is 8. The predicted molar refractivity (Wildman–Crippen MR) is 573 cm³/mol. The summed E-state index contributed by atoms with van der Waals surface area (Å²) >= 11 is 51.8. The average molecular weight is 2210 g/mol. The van der Waals surface area contributed by atoms with Gasteiger partial charge >= 0.3 is 23.9 Å². The summed E-state index contributed by atoms with van der Waals surface area (Å²) in [4.78, 5) is 102. The molecule has 12 fully saturated rings. The Morgan fingerprint density at radius 1 is 0.352 bits per heavy atom. The lowest BCUT2D eigenvalue weighted by Crippen LogP contribution is -2.58. The molecule has 28 nitrogen and oxygen atoms in total. The first kappa shape index (κ1) is 106. The van der Waals surface area contributed by atoms with Crippen LogP contribution in [-0.4, -0.2) is 233 Å². The highest BCUT2D eigenvalue weighted by Crippen LogP contribution is 2.50. The zero-order valence-electron chi connectivity index (χ0n) is 82.2. The van der Waals surface area contributed by atoms with Gasteiger partial charge in [-0.1, -0.05) is 124 Å². The van der Waals surface area contributed by atoms with E-state index in [0.29, 0.717) is 115 Å². The first-order chi connectivity index (χ1) is 67.8. The third-order valence-corrected chi connectivity index (χ3v) is 36.1. The van der Waals surface area contributed by atoms with Crippen LogP contribution in [0.4, 0.5) is 47.1 Å². The number of carboxylic acid groups (broad SMARTS) is 4. The SMILES string of the molecule is CC(Nc1nc(N2CC(C3CCCN(C4CC(C(=O)O)C4)C3)C2)ncc1Br)c1ccc(Cl)cc1Cl.Cc1ccc(C(C)Nc2nc(N3CC(C4CCCN(C5CC(C(=O)O)C5)C4)C3)ncc2Cl)c(Cl)c1.Cc1ccc(C(C)Nc2nc(N3CC(C4CCCN(C5CC(C)(C(=O)O)C5)C4)C3)ncc2Br)c(Cl)c1.Cc1ccc(C(C)Nc2nc(N3CC(C4CCCN(C5CC(C)(C(=O)O)C5)C4)C3)ncc2Cl)c(Cl)c1. The number of carbonyl (C=O) groups is 4. The van der Waals surface area contributed by atoms with Crippen LogP contribution >= 0.6 is 113 Å². The van der Waals surface area contributed by atoms with Crippen LogP contribution in [0.1, 0.15) is 207 Å². The van der Waals surface area contributed by atoms with Crippen molar-refractivity contribution in [2.24, 2.45) is 70.0 Å². The van der Waals surface area contributed by atoms with Gasteiger partial charge < -0.3 is 80.9 Å². The van der Waals surface area contributed by atoms with E-state index in [1.165, 1.54) is 51.4 Å². The lowest BCUT2D eigenvalue weighted by Gasteiger charge is -2.52. The largest absolute Gasteiger partial charge is 0.481 e. The molecule has 4 saturated carbocycles. The number of nitrogens with one attached hydrogen (secondary N) is 4. The summed E-state index contributed by atoms with van der Waals surface area (Å²) in [6, 6.07) is 25.3. The number of piperidine rings is 4. The van der Waals surface area contributed by atoms with E-state index in [9.17, 15) is 39.6 Å². The minimum absolute atomic E-state index is 0.00370. The molecule has 0 amide bonds. The molecule has 37 heteroatoms. The Morgan fingerprint density at radius 2 is 0.613 bits per heavy atom. The molecular formula is C105H133Br2Cl7N20O8. The summed E-state index contributed by atoms with van der Waals surface area (Å²) in [5.41, 5.74) is 6.31. The highest BCUT2D eigenvalue weighted by molar-refractivity contribution is 9.11. The second-order valence-electron chi connectivity index (χ2n) is 43.1. The molecule has 764 valence electrons. The molecule has 0 bridgehead atoms. The number of aromatic nitrogens is 8. The molecular weight excluding hydrogens is 2080 g/mol. The van der Waals surface area contributed by atoms with Crippen LogP contribution < -0.4 is 40.9 Å². The standard InChI is InChI=1S/C27H35BrClN5O2.C27H35Cl2N5O2.C26H33Cl2N5O2.C25H30BrCl2N5O2/c1-16-6-7-21(23(29)9-16)17(2)31-24-22(28)12-30-26(32-24)34-14-19(15-34)18-5-4-8-33(13-18)20-10-27(3,11-20)25(35)36;1-16-6-7-21(22(28)9-16)17(2)31-24-23(29)12-30-26(32-24)34-14-19(15-34)18-5-4-8-33(13-18)20-10-27(3,11-20)25(35)36;1-15-5-6-21(22(27)8-15)16(2)30-24-23(28)11-29-26(31-24)33-13-19(14-33)17-4-3-7-32(12-17)20-9-18(10-20)25(34)35;1-14(20-5-4-18(27)9-22(20)28)30-23-21(26)10-29-25(31-23)33-12-17(13-33)15-3-2-6-32(11-15)19-7-16(8-19)24(34)35/h2*6-7,9,12,17-20H,4-5,8,10-11,13-15H2,1-3H3,(H,35,36)(H,30,31,32);5-6,8,11,16-20H,3-4,7,9-10,12-14H2,1-2H3,(H,34,35)(H,29,30,31);4-5,9-10,14-17,19H,2-3,6-8,11-13H2,1H3,(H,34,35)(H,29,30,31). The highest BCUT2D eigenvalue weighted by Gasteiger charge is 2.53. The van der Waals surface area contributed by atoms with Crippen molar-refractivity contribution in [2.75, 3.05) is 146 Å². The zero-order chi connectivity index (χ0) is 101. The Bertz CT molecular complexity index is 5500. The van der Waals surface area contributed by atoms with Crippen LogP contribution in [0.5, 0.6) is 0 Å². The van der Waals surface area contributed by atoms with Crippen molar-refractivity contribution in [2.45, 2.75) is 213 Å². The molecule has 12 heterocycles. The van der Waals surface area contributed by atoms with E-state index in [1.54, 1.807) is 24.7 Å². The average Bonchev–Trinajstić information content (AvgIpc) is 0.758. The van der Waals surface area contributed by atoms with Crippen LogP contribution in [0, 0.1) is 90.8 Å². The van der Waals surface area contributed by atoms with Gasteiger partial charge in [-0.2, -0.15) is 19.9 Å². The van der Waals surface area contributed by atoms with Gasteiger partial charge in [0.2, 0.25) is 23.8 Å². The number of benzene rings is 4. The van der Waals surface area contributed by atoms with Gasteiger partial charge in [0.05, 0.1) is 68.2 Å². The monoisotopic (exact) mass is 2200 g/mol. The predicted octanol–water partition coefficient (Wildman–Crippen LogP) is 22.4. The Balaban J connectivity index is 0.000000130. The van der Waals surface area contributed by atoms with Gasteiger partial charge in [-0.3, -0.25) is 19.2 Å². The second-order valence-corrected chi connectivity index (χ2v) is 47.7. The maximum atomic E-state index is 11.5. The number of rotatable bonds is 28. The Morgan fingerprint density at radius 3 is 0.887 bits per heavy atom. The molecule has 4 aromatic heterocycles. The van der Waals surface area contributed by atoms with Crippen molar-refractivity contribution < 1.29 is 39.6 Å². The number of halogens is 9. The van der Waals surface area contributed by atoms with Crippen LogP contribution in [0.2, 0.25) is 35.2 Å². The fourth-order valence-corrected chi connectivity index (χ4v) is 26.0. The molecule has 8 unspecified atom stereocenters. The van der Waals surface area contributed by atoms with Gasteiger partial charge in [0, 0.05) is 140 Å². The molecule has 8 aliphatic heterocycles. The topological polar surface area (TPSA) is 326 Å². The van der Waals surface area contributed by atoms with Crippen molar-refractivity contribution in [1.29, 1.82) is 0 Å². The molecule has 8 saturated heterocycles. The fraction of sp³-hybridized carbons (Fsp3) is 0.581. The van der Waals surface area contributed by atoms with Crippen molar-refractivity contribution in [3.63, 3.8) is 0 Å². The van der Waals surface area contributed by atoms with Crippen LogP contribution in [-0.2, 0) is 19.2 Å². The maximum Gasteiger partial charge on any atom is 0.309 e. The minimum Gasteiger partial charge on any atom is -0.481 e. The maximum absolute atomic E-state index is 11.5. The first-order valence-corrected chi connectivity index (χ1v) is 54.8. The van der Waals surface area contributed by atoms with E-state index in [-0.39, 0.29) is 36.0 Å². The van der Waals surface area contributed by atoms with Gasteiger partial charge in [0.25, 0.3) is 0 Å². The molecule has 8 atom stereocenters. The van der Waals surface area contributed by atoms with Gasteiger partial charge in [-0.05, 0) is 340 Å². The lowest BCUT2D eigenvalue weighted by molar-refractivity contribution is -0.159. The van der Waals surface area contributed by atoms with Crippen LogP contribution in [0.25, 0.3) is 0 Å². The summed E-state index contributed by atoms with van der Waals surface area (Å²) in [6.45, 7) is 34.4. The number of hydrogen-bond acceptors (Lipinski definition) is 24. The van der Waals surface area contributed by atoms with E-state index in [4.69, 9.17) is 101 Å². The van der Waals surface area contributed by atoms with Gasteiger partial charge in [0.1, 0.15) is 21.7 Å². The molecule has 8 aromatic rings. The molecule has 4 aliphatic carbocycles. The van der Waals surface area contributed by atoms with Crippen molar-refractivity contribution in [1.82, 2.24) is 59.5 Å². The number of hydrogen-bond donors (Lipinski definition) is 8. The van der Waals surface area contributed by atoms with Gasteiger partial charge in [-0.25, -0.2) is 19.9 Å². The fourth-order valence-electron chi connectivity index (χ4n) is 23.3. The van der Waals surface area contributed by atoms with Gasteiger partial charge in [0.15, 0.2) is 11.6 Å². The van der Waals surface area contributed by atoms with Crippen molar-refractivity contribution >= 4 is 184 Å². The Hall–Kier alpha value is -7.69. The molecule has 8 N–H and O–H groups in total. The summed E-state index contributed by atoms with van der Waals surface area (Å²) in [5.74, 6) is 7.83. The minimum atomic E-state index is -0.657. The lowest BCUT2D eigenvalue weighted by atomic mass is 9.65. The first-order valence-electron chi connectivity index (χ1n) is 50.6. The summed E-state index contributed by atoms with van der Waals surface area (Å²) in [5, 5.41) is 55.4.